The molecule has 0 aromatic heterocycles. The fraction of sp³-hybridized carbons (Fsp3) is 0.381. The quantitative estimate of drug-likeness (QED) is 0.814. The van der Waals surface area contributed by atoms with Crippen molar-refractivity contribution in [2.45, 2.75) is 32.2 Å². The fourth-order valence-electron chi connectivity index (χ4n) is 3.72. The number of aromatic carboxylic acids is 1. The zero-order chi connectivity index (χ0) is 17.8. The molecule has 4 nitrogen and oxygen atoms in total. The number of carboxylic acids is 1. The lowest BCUT2D eigenvalue weighted by Gasteiger charge is -2.21. The lowest BCUT2D eigenvalue weighted by atomic mass is 9.93. The summed E-state index contributed by atoms with van der Waals surface area (Å²) in [6.45, 7) is 6.75. The summed E-state index contributed by atoms with van der Waals surface area (Å²) in [5.74, 6) is 0.0459. The van der Waals surface area contributed by atoms with Crippen LogP contribution in [0.3, 0.4) is 0 Å². The molecular weight excluding hydrogens is 350 g/mol. The molecule has 3 rings (SSSR count). The second-order valence-corrected chi connectivity index (χ2v) is 6.78. The van der Waals surface area contributed by atoms with Crippen molar-refractivity contribution in [3.63, 3.8) is 0 Å². The summed E-state index contributed by atoms with van der Waals surface area (Å²) >= 11 is 0. The Balaban J connectivity index is 0.00000243. The van der Waals surface area contributed by atoms with E-state index in [0.29, 0.717) is 24.3 Å². The van der Waals surface area contributed by atoms with Gasteiger partial charge in [-0.3, -0.25) is 4.90 Å². The van der Waals surface area contributed by atoms with E-state index in [4.69, 9.17) is 4.74 Å². The molecule has 0 saturated carbocycles. The lowest BCUT2D eigenvalue weighted by molar-refractivity contribution is 0.0691. The minimum atomic E-state index is -0.954. The number of para-hydroxylation sites is 1. The first kappa shape index (κ1) is 20.3. The number of ether oxygens (including phenoxy) is 1. The van der Waals surface area contributed by atoms with Gasteiger partial charge in [0.25, 0.3) is 0 Å². The van der Waals surface area contributed by atoms with Gasteiger partial charge in [-0.15, -0.1) is 12.4 Å². The zero-order valence-corrected chi connectivity index (χ0v) is 16.0. The van der Waals surface area contributed by atoms with E-state index in [1.54, 1.807) is 24.3 Å². The Morgan fingerprint density at radius 2 is 1.88 bits per heavy atom. The third kappa shape index (κ3) is 4.57. The molecule has 1 saturated heterocycles. The number of nitrogens with zero attached hydrogens (tertiary/aromatic N) is 1. The van der Waals surface area contributed by atoms with E-state index < -0.39 is 5.97 Å². The first-order valence-corrected chi connectivity index (χ1v) is 8.81. The number of carbonyl (C=O) groups is 1. The maximum atomic E-state index is 11.2. The van der Waals surface area contributed by atoms with Gasteiger partial charge in [-0.2, -0.15) is 0 Å². The maximum Gasteiger partial charge on any atom is 0.339 e. The minimum absolute atomic E-state index is 0. The molecule has 2 atom stereocenters. The Bertz CT molecular complexity index is 750. The summed E-state index contributed by atoms with van der Waals surface area (Å²) in [6.07, 6.45) is 1.15. The monoisotopic (exact) mass is 375 g/mol. The van der Waals surface area contributed by atoms with Crippen molar-refractivity contribution >= 4 is 18.4 Å². The molecule has 26 heavy (non-hydrogen) atoms. The molecule has 0 spiro atoms. The summed E-state index contributed by atoms with van der Waals surface area (Å²) in [5, 5.41) is 9.21. The van der Waals surface area contributed by atoms with Crippen molar-refractivity contribution in [2.75, 3.05) is 19.7 Å². The number of aryl methyl sites for hydroxylation is 1. The molecule has 1 fully saturated rings. The number of rotatable bonds is 6. The average molecular weight is 376 g/mol. The summed E-state index contributed by atoms with van der Waals surface area (Å²) in [5.41, 5.74) is 3.01. The number of halogens is 1. The highest BCUT2D eigenvalue weighted by molar-refractivity contribution is 5.90. The van der Waals surface area contributed by atoms with Gasteiger partial charge in [0.05, 0.1) is 0 Å². The van der Waals surface area contributed by atoms with E-state index in [0.717, 1.165) is 19.5 Å². The number of benzene rings is 2. The molecule has 1 heterocycles. The molecular formula is C21H26ClNO3. The van der Waals surface area contributed by atoms with Crippen LogP contribution < -0.4 is 4.74 Å². The first-order chi connectivity index (χ1) is 12.1. The van der Waals surface area contributed by atoms with Crippen LogP contribution in [0.5, 0.6) is 5.75 Å². The van der Waals surface area contributed by atoms with Crippen molar-refractivity contribution < 1.29 is 14.6 Å². The molecule has 1 aliphatic heterocycles. The van der Waals surface area contributed by atoms with Crippen molar-refractivity contribution in [1.82, 2.24) is 4.90 Å². The van der Waals surface area contributed by atoms with Crippen LogP contribution in [-0.4, -0.2) is 41.7 Å². The van der Waals surface area contributed by atoms with Crippen molar-refractivity contribution in [2.24, 2.45) is 0 Å². The van der Waals surface area contributed by atoms with Crippen LogP contribution in [0.4, 0.5) is 0 Å². The molecule has 1 N–H and O–H groups in total. The van der Waals surface area contributed by atoms with Gasteiger partial charge in [-0.1, -0.05) is 36.4 Å². The minimum Gasteiger partial charge on any atom is -0.491 e. The highest BCUT2D eigenvalue weighted by Gasteiger charge is 2.30. The topological polar surface area (TPSA) is 49.8 Å². The standard InChI is InChI=1S/C21H25NO3.ClH/c1-15-7-3-4-8-18(15)17-13-16(2)22(14-17)11-12-25-20-10-6-5-9-19(20)21(23)24;/h3-10,16-17H,11-14H2,1-2H3,(H,23,24);1H. The molecule has 0 radical (unpaired) electrons. The van der Waals surface area contributed by atoms with Crippen LogP contribution in [0.15, 0.2) is 48.5 Å². The third-order valence-electron chi connectivity index (χ3n) is 5.09. The van der Waals surface area contributed by atoms with Crippen molar-refractivity contribution in [3.8, 4) is 5.75 Å². The Hall–Kier alpha value is -2.04. The molecule has 1 aliphatic rings. The van der Waals surface area contributed by atoms with E-state index in [1.807, 2.05) is 0 Å². The second-order valence-electron chi connectivity index (χ2n) is 6.78. The highest BCUT2D eigenvalue weighted by Crippen LogP contribution is 2.33. The second kappa shape index (κ2) is 9.06. The molecule has 5 heteroatoms. The van der Waals surface area contributed by atoms with Gasteiger partial charge in [0.2, 0.25) is 0 Å². The first-order valence-electron chi connectivity index (χ1n) is 8.81. The predicted molar refractivity (Wildman–Crippen MR) is 106 cm³/mol. The van der Waals surface area contributed by atoms with Crippen LogP contribution in [0.1, 0.15) is 40.7 Å². The molecule has 0 aliphatic carbocycles. The van der Waals surface area contributed by atoms with Crippen LogP contribution >= 0.6 is 12.4 Å². The molecule has 0 amide bonds. The van der Waals surface area contributed by atoms with Gasteiger partial charge in [0, 0.05) is 19.1 Å². The highest BCUT2D eigenvalue weighted by atomic mass is 35.5. The normalized spacial score (nSPS) is 19.8. The lowest BCUT2D eigenvalue weighted by Crippen LogP contribution is -2.31. The third-order valence-corrected chi connectivity index (χ3v) is 5.09. The van der Waals surface area contributed by atoms with Crippen molar-refractivity contribution in [1.29, 1.82) is 0 Å². The van der Waals surface area contributed by atoms with Gasteiger partial charge < -0.3 is 9.84 Å². The van der Waals surface area contributed by atoms with Gasteiger partial charge in [-0.05, 0) is 49.4 Å². The molecule has 2 aromatic carbocycles. The smallest absolute Gasteiger partial charge is 0.339 e. The predicted octanol–water partition coefficient (Wildman–Crippen LogP) is 4.37. The number of likely N-dealkylation sites (tertiary alicyclic amines) is 1. The molecule has 2 aromatic rings. The average Bonchev–Trinajstić information content (AvgIpc) is 2.96. The van der Waals surface area contributed by atoms with E-state index in [1.165, 1.54) is 11.1 Å². The fourth-order valence-corrected chi connectivity index (χ4v) is 3.72. The van der Waals surface area contributed by atoms with E-state index in [2.05, 4.69) is 43.0 Å². The summed E-state index contributed by atoms with van der Waals surface area (Å²) in [4.78, 5) is 13.7. The van der Waals surface area contributed by atoms with E-state index in [9.17, 15) is 9.90 Å². The number of hydrogen-bond donors (Lipinski definition) is 1. The van der Waals surface area contributed by atoms with Crippen LogP contribution in [0.2, 0.25) is 0 Å². The van der Waals surface area contributed by atoms with Crippen LogP contribution in [0, 0.1) is 6.92 Å². The van der Waals surface area contributed by atoms with Crippen molar-refractivity contribution in [3.05, 3.63) is 65.2 Å². The number of carboxylic acid groups (broad SMARTS) is 1. The molecule has 140 valence electrons. The van der Waals surface area contributed by atoms with Crippen LogP contribution in [0.25, 0.3) is 0 Å². The zero-order valence-electron chi connectivity index (χ0n) is 15.2. The Morgan fingerprint density at radius 3 is 2.62 bits per heavy atom. The summed E-state index contributed by atoms with van der Waals surface area (Å²) in [6, 6.07) is 15.9. The summed E-state index contributed by atoms with van der Waals surface area (Å²) < 4.78 is 5.75. The summed E-state index contributed by atoms with van der Waals surface area (Å²) in [7, 11) is 0. The number of hydrogen-bond acceptors (Lipinski definition) is 3. The van der Waals surface area contributed by atoms with E-state index in [-0.39, 0.29) is 18.0 Å². The largest absolute Gasteiger partial charge is 0.491 e. The van der Waals surface area contributed by atoms with Gasteiger partial charge in [0.15, 0.2) is 0 Å². The molecule has 2 unspecified atom stereocenters. The van der Waals surface area contributed by atoms with Gasteiger partial charge >= 0.3 is 5.97 Å². The van der Waals surface area contributed by atoms with Crippen LogP contribution in [-0.2, 0) is 0 Å². The Morgan fingerprint density at radius 1 is 1.19 bits per heavy atom. The molecule has 0 bridgehead atoms. The Kier molecular flexibility index (Phi) is 7.06. The maximum absolute atomic E-state index is 11.2. The van der Waals surface area contributed by atoms with Gasteiger partial charge in [0.1, 0.15) is 17.9 Å². The van der Waals surface area contributed by atoms with E-state index >= 15 is 0 Å². The Labute approximate surface area is 161 Å². The SMILES string of the molecule is Cc1ccccc1C1CC(C)N(CCOc2ccccc2C(=O)O)C1.Cl. The van der Waals surface area contributed by atoms with Gasteiger partial charge in [-0.25, -0.2) is 4.79 Å².